The van der Waals surface area contributed by atoms with Gasteiger partial charge in [-0.25, -0.2) is 0 Å². The molecule has 0 saturated carbocycles. The summed E-state index contributed by atoms with van der Waals surface area (Å²) >= 11 is 5.94. The number of hydrogen-bond acceptors (Lipinski definition) is 7. The van der Waals surface area contributed by atoms with Crippen molar-refractivity contribution in [1.29, 1.82) is 0 Å². The lowest BCUT2D eigenvalue weighted by Gasteiger charge is -2.34. The van der Waals surface area contributed by atoms with E-state index in [0.29, 0.717) is 49.1 Å². The van der Waals surface area contributed by atoms with Crippen molar-refractivity contribution in [2.45, 2.75) is 6.54 Å². The summed E-state index contributed by atoms with van der Waals surface area (Å²) in [6.45, 7) is 3.00. The smallest absolute Gasteiger partial charge is 0.269 e. The third-order valence-corrected chi connectivity index (χ3v) is 5.21. The van der Waals surface area contributed by atoms with Crippen molar-refractivity contribution < 1.29 is 9.72 Å². The summed E-state index contributed by atoms with van der Waals surface area (Å²) in [6.07, 6.45) is 0. The Kier molecular flexibility index (Phi) is 5.68. The highest BCUT2D eigenvalue weighted by molar-refractivity contribution is 6.30. The van der Waals surface area contributed by atoms with Crippen LogP contribution in [0.5, 0.6) is 0 Å². The van der Waals surface area contributed by atoms with Gasteiger partial charge in [-0.05, 0) is 46.8 Å². The average Bonchev–Trinajstić information content (AvgIpc) is 3.22. The third-order valence-electron chi connectivity index (χ3n) is 4.95. The molecule has 1 aromatic heterocycles. The Bertz CT molecular complexity index is 1040. The van der Waals surface area contributed by atoms with Crippen LogP contribution in [0.25, 0.3) is 5.69 Å². The maximum atomic E-state index is 12.7. The highest BCUT2D eigenvalue weighted by Crippen LogP contribution is 2.17. The number of carbonyl (C=O) groups is 1. The molecule has 10 nitrogen and oxygen atoms in total. The van der Waals surface area contributed by atoms with Gasteiger partial charge in [-0.15, -0.1) is 5.10 Å². The van der Waals surface area contributed by atoms with Crippen LogP contribution in [0, 0.1) is 10.1 Å². The fourth-order valence-corrected chi connectivity index (χ4v) is 3.43. The SMILES string of the molecule is O=C(c1ccc([N+](=O)[O-])cc1)N1CCN(Cc2nnnn2-c2ccc(Cl)cc2)CC1. The minimum absolute atomic E-state index is 0.0326. The van der Waals surface area contributed by atoms with E-state index in [2.05, 4.69) is 20.4 Å². The van der Waals surface area contributed by atoms with Gasteiger partial charge in [-0.1, -0.05) is 11.6 Å². The summed E-state index contributed by atoms with van der Waals surface area (Å²) in [7, 11) is 0. The second kappa shape index (κ2) is 8.56. The zero-order chi connectivity index (χ0) is 21.1. The van der Waals surface area contributed by atoms with E-state index < -0.39 is 4.92 Å². The van der Waals surface area contributed by atoms with E-state index in [0.717, 1.165) is 5.69 Å². The van der Waals surface area contributed by atoms with Crippen molar-refractivity contribution in [3.63, 3.8) is 0 Å². The van der Waals surface area contributed by atoms with Crippen LogP contribution in [0.4, 0.5) is 5.69 Å². The van der Waals surface area contributed by atoms with Crippen molar-refractivity contribution in [3.05, 3.63) is 75.1 Å². The van der Waals surface area contributed by atoms with Gasteiger partial charge < -0.3 is 4.90 Å². The number of tetrazole rings is 1. The molecule has 3 aromatic rings. The predicted octanol–water partition coefficient (Wildman–Crippen LogP) is 2.18. The highest BCUT2D eigenvalue weighted by atomic mass is 35.5. The molecule has 1 saturated heterocycles. The number of aromatic nitrogens is 4. The van der Waals surface area contributed by atoms with Crippen LogP contribution in [-0.2, 0) is 6.54 Å². The molecule has 0 unspecified atom stereocenters. The van der Waals surface area contributed by atoms with Gasteiger partial charge in [0.25, 0.3) is 11.6 Å². The van der Waals surface area contributed by atoms with Gasteiger partial charge in [-0.2, -0.15) is 4.68 Å². The molecule has 2 aromatic carbocycles. The third kappa shape index (κ3) is 4.29. The lowest BCUT2D eigenvalue weighted by molar-refractivity contribution is -0.384. The molecule has 1 amide bonds. The molecule has 0 atom stereocenters. The van der Waals surface area contributed by atoms with Crippen molar-refractivity contribution >= 4 is 23.2 Å². The number of piperazine rings is 1. The van der Waals surface area contributed by atoms with Gasteiger partial charge in [-0.3, -0.25) is 19.8 Å². The van der Waals surface area contributed by atoms with E-state index in [1.807, 2.05) is 12.1 Å². The molecule has 30 heavy (non-hydrogen) atoms. The van der Waals surface area contributed by atoms with Crippen LogP contribution in [0.1, 0.15) is 16.2 Å². The molecule has 0 N–H and O–H groups in total. The monoisotopic (exact) mass is 427 g/mol. The topological polar surface area (TPSA) is 110 Å². The van der Waals surface area contributed by atoms with Crippen LogP contribution in [-0.4, -0.2) is 67.0 Å². The van der Waals surface area contributed by atoms with Crippen LogP contribution in [0.3, 0.4) is 0 Å². The second-order valence-electron chi connectivity index (χ2n) is 6.86. The molecule has 154 valence electrons. The van der Waals surface area contributed by atoms with E-state index in [4.69, 9.17) is 11.6 Å². The van der Waals surface area contributed by atoms with Gasteiger partial charge >= 0.3 is 0 Å². The summed E-state index contributed by atoms with van der Waals surface area (Å²) in [6, 6.07) is 12.9. The zero-order valence-electron chi connectivity index (χ0n) is 15.9. The lowest BCUT2D eigenvalue weighted by Crippen LogP contribution is -2.48. The maximum absolute atomic E-state index is 12.7. The molecule has 1 aliphatic rings. The van der Waals surface area contributed by atoms with E-state index >= 15 is 0 Å². The fourth-order valence-electron chi connectivity index (χ4n) is 3.30. The Labute approximate surface area is 176 Å². The molecule has 0 radical (unpaired) electrons. The first-order valence-electron chi connectivity index (χ1n) is 9.30. The van der Waals surface area contributed by atoms with Gasteiger partial charge in [0.05, 0.1) is 17.2 Å². The molecule has 4 rings (SSSR count). The van der Waals surface area contributed by atoms with Crippen LogP contribution < -0.4 is 0 Å². The Hall–Kier alpha value is -3.37. The number of halogens is 1. The van der Waals surface area contributed by atoms with Crippen LogP contribution in [0.2, 0.25) is 5.02 Å². The molecule has 0 aliphatic carbocycles. The number of hydrogen-bond donors (Lipinski definition) is 0. The van der Waals surface area contributed by atoms with Crippen molar-refractivity contribution in [2.24, 2.45) is 0 Å². The molecule has 1 aliphatic heterocycles. The van der Waals surface area contributed by atoms with Gasteiger partial charge in [0.15, 0.2) is 5.82 Å². The van der Waals surface area contributed by atoms with E-state index in [9.17, 15) is 14.9 Å². The first-order valence-corrected chi connectivity index (χ1v) is 9.68. The number of amides is 1. The fraction of sp³-hybridized carbons (Fsp3) is 0.263. The highest BCUT2D eigenvalue weighted by Gasteiger charge is 2.24. The first-order chi connectivity index (χ1) is 14.5. The largest absolute Gasteiger partial charge is 0.336 e. The van der Waals surface area contributed by atoms with E-state index in [-0.39, 0.29) is 11.6 Å². The zero-order valence-corrected chi connectivity index (χ0v) is 16.6. The predicted molar refractivity (Wildman–Crippen MR) is 108 cm³/mol. The summed E-state index contributed by atoms with van der Waals surface area (Å²) in [5.74, 6) is 0.572. The minimum atomic E-state index is -0.481. The van der Waals surface area contributed by atoms with Crippen LogP contribution >= 0.6 is 11.6 Å². The Morgan fingerprint density at radius 1 is 1.03 bits per heavy atom. The quantitative estimate of drug-likeness (QED) is 0.453. The molecule has 2 heterocycles. The number of benzene rings is 2. The second-order valence-corrected chi connectivity index (χ2v) is 7.29. The Morgan fingerprint density at radius 3 is 2.33 bits per heavy atom. The normalized spacial score (nSPS) is 14.6. The van der Waals surface area contributed by atoms with Gasteiger partial charge in [0, 0.05) is 48.9 Å². The standard InChI is InChI=1S/C19H18ClN7O3/c20-15-3-7-16(8-4-15)26-18(21-22-23-26)13-24-9-11-25(12-10-24)19(28)14-1-5-17(6-2-14)27(29)30/h1-8H,9-13H2. The molecule has 0 bridgehead atoms. The van der Waals surface area contributed by atoms with Crippen molar-refractivity contribution in [2.75, 3.05) is 26.2 Å². The first kappa shape index (κ1) is 19.9. The average molecular weight is 428 g/mol. The molecule has 1 fully saturated rings. The number of carbonyl (C=O) groups excluding carboxylic acids is 1. The van der Waals surface area contributed by atoms with E-state index in [1.165, 1.54) is 24.3 Å². The number of nitrogens with zero attached hydrogens (tertiary/aromatic N) is 7. The molecular formula is C19H18ClN7O3. The number of non-ortho nitro benzene ring substituents is 1. The summed E-state index contributed by atoms with van der Waals surface area (Å²) in [5.41, 5.74) is 1.24. The molecule has 0 spiro atoms. The summed E-state index contributed by atoms with van der Waals surface area (Å²) in [5, 5.41) is 23.4. The number of nitro benzene ring substituents is 1. The van der Waals surface area contributed by atoms with Crippen LogP contribution in [0.15, 0.2) is 48.5 Å². The number of rotatable bonds is 5. The summed E-state index contributed by atoms with van der Waals surface area (Å²) in [4.78, 5) is 26.9. The number of nitro groups is 1. The van der Waals surface area contributed by atoms with Gasteiger partial charge in [0.2, 0.25) is 0 Å². The maximum Gasteiger partial charge on any atom is 0.269 e. The minimum Gasteiger partial charge on any atom is -0.336 e. The Morgan fingerprint density at radius 2 is 1.70 bits per heavy atom. The molecular weight excluding hydrogens is 410 g/mol. The Balaban J connectivity index is 1.36. The molecule has 11 heteroatoms. The summed E-state index contributed by atoms with van der Waals surface area (Å²) < 4.78 is 1.67. The lowest BCUT2D eigenvalue weighted by atomic mass is 10.1. The van der Waals surface area contributed by atoms with Crippen molar-refractivity contribution in [3.8, 4) is 5.69 Å². The van der Waals surface area contributed by atoms with Crippen molar-refractivity contribution in [1.82, 2.24) is 30.0 Å². The van der Waals surface area contributed by atoms with Gasteiger partial charge in [0.1, 0.15) is 0 Å². The van der Waals surface area contributed by atoms with E-state index in [1.54, 1.807) is 21.7 Å².